The first-order valence-corrected chi connectivity index (χ1v) is 24.0. The summed E-state index contributed by atoms with van der Waals surface area (Å²) < 4.78 is 18.0. The lowest BCUT2D eigenvalue weighted by atomic mass is 9.76. The van der Waals surface area contributed by atoms with Gasteiger partial charge in [0.25, 0.3) is 5.91 Å². The van der Waals surface area contributed by atoms with Gasteiger partial charge in [0, 0.05) is 38.5 Å². The van der Waals surface area contributed by atoms with E-state index in [1.54, 1.807) is 34.6 Å². The van der Waals surface area contributed by atoms with Gasteiger partial charge in [-0.3, -0.25) is 19.7 Å². The molecule has 1 heterocycles. The van der Waals surface area contributed by atoms with Crippen LogP contribution in [0.15, 0.2) is 54.6 Å². The highest BCUT2D eigenvalue weighted by molar-refractivity contribution is 6.74. The number of hydrogen-bond donors (Lipinski definition) is 3. The van der Waals surface area contributed by atoms with Crippen molar-refractivity contribution >= 4 is 38.2 Å². The second-order valence-electron chi connectivity index (χ2n) is 18.5. The highest BCUT2D eigenvalue weighted by Crippen LogP contribution is 2.40. The van der Waals surface area contributed by atoms with E-state index in [0.29, 0.717) is 32.7 Å². The molecule has 0 saturated carbocycles. The molecule has 2 aromatic rings. The highest BCUT2D eigenvalue weighted by atomic mass is 28.4. The van der Waals surface area contributed by atoms with Crippen molar-refractivity contribution in [1.29, 1.82) is 0 Å². The van der Waals surface area contributed by atoms with Gasteiger partial charge in [-0.15, -0.1) is 0 Å². The quantitative estimate of drug-likeness (QED) is 0.0878. The number of unbranched alkanes of at least 4 members (excludes halogenated alkanes) is 2. The molecule has 1 aliphatic heterocycles. The number of morpholine rings is 1. The molecule has 13 nitrogen and oxygen atoms in total. The van der Waals surface area contributed by atoms with Crippen LogP contribution in [0.3, 0.4) is 0 Å². The molecule has 328 valence electrons. The molecule has 0 aromatic heterocycles. The molecule has 2 unspecified atom stereocenters. The van der Waals surface area contributed by atoms with Gasteiger partial charge in [0.2, 0.25) is 11.8 Å². The Morgan fingerprint density at radius 2 is 1.49 bits per heavy atom. The van der Waals surface area contributed by atoms with Crippen LogP contribution >= 0.6 is 0 Å². The van der Waals surface area contributed by atoms with Gasteiger partial charge in [-0.05, 0) is 67.9 Å². The number of amides is 6. The Labute approximate surface area is 353 Å². The molecule has 0 spiro atoms. The van der Waals surface area contributed by atoms with Gasteiger partial charge >= 0.3 is 12.1 Å². The van der Waals surface area contributed by atoms with Crippen molar-refractivity contribution in [3.05, 3.63) is 60.2 Å². The predicted molar refractivity (Wildman–Crippen MR) is 234 cm³/mol. The van der Waals surface area contributed by atoms with E-state index in [4.69, 9.17) is 13.9 Å². The van der Waals surface area contributed by atoms with Crippen molar-refractivity contribution in [2.45, 2.75) is 137 Å². The van der Waals surface area contributed by atoms with E-state index in [0.717, 1.165) is 34.5 Å². The van der Waals surface area contributed by atoms with E-state index >= 15 is 4.79 Å². The Hall–Kier alpha value is -4.27. The summed E-state index contributed by atoms with van der Waals surface area (Å²) in [7, 11) is -2.45. The maximum Gasteiger partial charge on any atom is 0.426 e. The lowest BCUT2D eigenvalue weighted by molar-refractivity contribution is -0.159. The molecule has 0 bridgehead atoms. The lowest BCUT2D eigenvalue weighted by Crippen LogP contribution is -2.72. The number of rotatable bonds is 16. The average Bonchev–Trinajstić information content (AvgIpc) is 3.16. The fraction of sp³-hybridized carbons (Fsp3) is 0.622. The smallest absolute Gasteiger partial charge is 0.426 e. The maximum absolute atomic E-state index is 15.8. The van der Waals surface area contributed by atoms with Crippen LogP contribution in [0, 0.1) is 11.8 Å². The van der Waals surface area contributed by atoms with Gasteiger partial charge in [0.1, 0.15) is 11.6 Å². The van der Waals surface area contributed by atoms with Gasteiger partial charge < -0.3 is 24.1 Å². The zero-order valence-corrected chi connectivity index (χ0v) is 38.7. The van der Waals surface area contributed by atoms with Crippen LogP contribution in [-0.4, -0.2) is 98.2 Å². The minimum Gasteiger partial charge on any atom is -0.443 e. The number of carbonyl (C=O) groups is 5. The summed E-state index contributed by atoms with van der Waals surface area (Å²) >= 11 is 0. The first-order valence-electron chi connectivity index (χ1n) is 21.1. The Morgan fingerprint density at radius 3 is 2.07 bits per heavy atom. The zero-order valence-electron chi connectivity index (χ0n) is 37.7. The second kappa shape index (κ2) is 21.3. The van der Waals surface area contributed by atoms with Crippen molar-refractivity contribution in [2.75, 3.05) is 32.9 Å². The third-order valence-electron chi connectivity index (χ3n) is 11.3. The summed E-state index contributed by atoms with van der Waals surface area (Å²) in [5.41, 5.74) is 2.36. The van der Waals surface area contributed by atoms with Crippen LogP contribution in [0.2, 0.25) is 18.1 Å². The molecule has 0 radical (unpaired) electrons. The summed E-state index contributed by atoms with van der Waals surface area (Å²) in [6, 6.07) is 15.6. The number of nitrogens with one attached hydrogen (secondary N) is 3. The molecule has 0 aliphatic carbocycles. The highest BCUT2D eigenvalue weighted by Gasteiger charge is 2.54. The van der Waals surface area contributed by atoms with Gasteiger partial charge in [-0.2, -0.15) is 0 Å². The summed E-state index contributed by atoms with van der Waals surface area (Å²) in [6.45, 7) is 24.5. The summed E-state index contributed by atoms with van der Waals surface area (Å²) in [6.07, 6.45) is 1.13. The summed E-state index contributed by atoms with van der Waals surface area (Å²) in [5.74, 6) is -3.16. The van der Waals surface area contributed by atoms with Crippen LogP contribution in [0.25, 0.3) is 11.1 Å². The molecule has 59 heavy (non-hydrogen) atoms. The van der Waals surface area contributed by atoms with E-state index < -0.39 is 67.2 Å². The number of urea groups is 1. The van der Waals surface area contributed by atoms with Crippen LogP contribution in [0.1, 0.15) is 100 Å². The third kappa shape index (κ3) is 13.6. The molecular formula is C45H71N5O8Si. The lowest BCUT2D eigenvalue weighted by Gasteiger charge is -2.48. The molecule has 2 aromatic carbocycles. The van der Waals surface area contributed by atoms with Gasteiger partial charge in [-0.1, -0.05) is 116 Å². The largest absolute Gasteiger partial charge is 0.443 e. The molecular weight excluding hydrogens is 767 g/mol. The SMILES string of the molecule is CCCCCC(=O)N(NC(=O)OC(C)(C)C)[C@](Cc1ccccc1-c1ccccc1)(C(=O)NC(C(=O)NC(=O)N1CCOCC1)C(C)C)C(C)CO[Si](C)(C)C(C)(C)C. The monoisotopic (exact) mass is 838 g/mol. The molecule has 1 fully saturated rings. The summed E-state index contributed by atoms with van der Waals surface area (Å²) in [4.78, 5) is 73.4. The van der Waals surface area contributed by atoms with Gasteiger partial charge in [0.15, 0.2) is 13.9 Å². The van der Waals surface area contributed by atoms with Crippen molar-refractivity contribution in [2.24, 2.45) is 11.8 Å². The predicted octanol–water partition coefficient (Wildman–Crippen LogP) is 7.85. The van der Waals surface area contributed by atoms with E-state index in [1.807, 2.05) is 68.4 Å². The Bertz CT molecular complexity index is 1720. The molecule has 14 heteroatoms. The van der Waals surface area contributed by atoms with E-state index in [9.17, 15) is 19.2 Å². The first kappa shape index (κ1) is 49.1. The minimum absolute atomic E-state index is 0.0248. The average molecular weight is 838 g/mol. The van der Waals surface area contributed by atoms with Crippen molar-refractivity contribution in [3.8, 4) is 11.1 Å². The summed E-state index contributed by atoms with van der Waals surface area (Å²) in [5, 5.41) is 6.46. The number of benzene rings is 2. The minimum atomic E-state index is -2.45. The molecule has 1 saturated heterocycles. The van der Waals surface area contributed by atoms with Crippen molar-refractivity contribution < 1.29 is 37.9 Å². The standard InChI is InChI=1S/C45H71N5O8Si/c1-13-14-16-25-37(51)50(48-42(55)58-43(5,6)7)45(33(4)31-57-59(11,12)44(8,9)10,30-35-23-19-20-24-36(35)34-21-17-15-18-22-34)40(53)46-38(32(2)3)39(52)47-41(54)49-26-28-56-29-27-49/h15,17-24,32-33,38H,13-14,16,25-31H2,1-12H3,(H,46,53)(H,48,55)(H,47,52,54)/t33?,38?,45-/m0/s1. The van der Waals surface area contributed by atoms with Gasteiger partial charge in [-0.25, -0.2) is 20.0 Å². The Kier molecular flexibility index (Phi) is 17.7. The molecule has 3 atom stereocenters. The molecule has 6 amide bonds. The first-order chi connectivity index (χ1) is 27.5. The second-order valence-corrected chi connectivity index (χ2v) is 23.3. The fourth-order valence-corrected chi connectivity index (χ4v) is 7.78. The van der Waals surface area contributed by atoms with Crippen molar-refractivity contribution in [3.63, 3.8) is 0 Å². The van der Waals surface area contributed by atoms with Crippen LogP contribution < -0.4 is 16.1 Å². The number of imide groups is 1. The van der Waals surface area contributed by atoms with E-state index in [1.165, 1.54) is 4.90 Å². The van der Waals surface area contributed by atoms with Crippen LogP contribution in [-0.2, 0) is 34.7 Å². The fourth-order valence-electron chi connectivity index (χ4n) is 6.68. The van der Waals surface area contributed by atoms with E-state index in [2.05, 4.69) is 49.9 Å². The van der Waals surface area contributed by atoms with Gasteiger partial charge in [0.05, 0.1) is 13.2 Å². The number of hydrazine groups is 1. The normalized spacial score (nSPS) is 15.7. The number of ether oxygens (including phenoxy) is 2. The maximum atomic E-state index is 15.8. The third-order valence-corrected chi connectivity index (χ3v) is 15.8. The van der Waals surface area contributed by atoms with Crippen molar-refractivity contribution in [1.82, 2.24) is 26.0 Å². The van der Waals surface area contributed by atoms with Crippen LogP contribution in [0.5, 0.6) is 0 Å². The van der Waals surface area contributed by atoms with E-state index in [-0.39, 0.29) is 24.5 Å². The van der Waals surface area contributed by atoms with Crippen LogP contribution in [0.4, 0.5) is 9.59 Å². The number of nitrogens with zero attached hydrogens (tertiary/aromatic N) is 2. The molecule has 1 aliphatic rings. The number of carbonyl (C=O) groups excluding carboxylic acids is 5. The molecule has 3 N–H and O–H groups in total. The Morgan fingerprint density at radius 1 is 0.881 bits per heavy atom. The Balaban J connectivity index is 2.35. The molecule has 3 rings (SSSR count). The topological polar surface area (TPSA) is 156 Å². The zero-order chi connectivity index (χ0) is 44.2. The number of hydrogen-bond acceptors (Lipinski definition) is 8.